The molecule has 6 aromatic rings. The normalized spacial score (nSPS) is 14.0. The predicted octanol–water partition coefficient (Wildman–Crippen LogP) is 5.86. The smallest absolute Gasteiger partial charge is 0.274 e. The molecular weight excluding hydrogens is 514 g/mol. The summed E-state index contributed by atoms with van der Waals surface area (Å²) in [7, 11) is 0. The zero-order valence-corrected chi connectivity index (χ0v) is 22.3. The van der Waals surface area contributed by atoms with Crippen LogP contribution < -0.4 is 15.5 Å². The molecule has 41 heavy (non-hydrogen) atoms. The highest BCUT2D eigenvalue weighted by molar-refractivity contribution is 6.04. The number of pyridine rings is 1. The topological polar surface area (TPSA) is 111 Å². The number of piperidine rings is 1. The van der Waals surface area contributed by atoms with Gasteiger partial charge in [-0.2, -0.15) is 5.10 Å². The molecule has 0 bridgehead atoms. The van der Waals surface area contributed by atoms with E-state index < -0.39 is 0 Å². The molecular formula is C32H29N7O2. The van der Waals surface area contributed by atoms with Crippen LogP contribution in [0.4, 0.5) is 22.7 Å². The van der Waals surface area contributed by atoms with Crippen LogP contribution in [-0.2, 0) is 0 Å². The van der Waals surface area contributed by atoms with Gasteiger partial charge in [-0.1, -0.05) is 0 Å². The minimum atomic E-state index is -0.258. The highest BCUT2D eigenvalue weighted by atomic mass is 16.3. The summed E-state index contributed by atoms with van der Waals surface area (Å²) in [6, 6.07) is 27.6. The van der Waals surface area contributed by atoms with Gasteiger partial charge in [0.05, 0.1) is 34.5 Å². The largest absolute Gasteiger partial charge is 0.393 e. The number of hydrogen-bond donors (Lipinski definition) is 4. The van der Waals surface area contributed by atoms with Crippen LogP contribution in [0.25, 0.3) is 27.6 Å². The van der Waals surface area contributed by atoms with Gasteiger partial charge in [0.25, 0.3) is 5.91 Å². The number of rotatable bonds is 6. The molecule has 0 saturated carbocycles. The first-order chi connectivity index (χ1) is 20.1. The molecule has 0 radical (unpaired) electrons. The van der Waals surface area contributed by atoms with Crippen molar-refractivity contribution in [3.63, 3.8) is 0 Å². The van der Waals surface area contributed by atoms with E-state index in [4.69, 9.17) is 0 Å². The first kappa shape index (κ1) is 24.9. The predicted molar refractivity (Wildman–Crippen MR) is 162 cm³/mol. The van der Waals surface area contributed by atoms with E-state index in [1.165, 1.54) is 5.69 Å². The maximum Gasteiger partial charge on any atom is 0.274 e. The molecule has 3 aromatic carbocycles. The van der Waals surface area contributed by atoms with Crippen LogP contribution in [0, 0.1) is 0 Å². The van der Waals surface area contributed by atoms with Gasteiger partial charge >= 0.3 is 0 Å². The van der Waals surface area contributed by atoms with Crippen LogP contribution in [0.5, 0.6) is 0 Å². The van der Waals surface area contributed by atoms with Gasteiger partial charge in [0.1, 0.15) is 5.69 Å². The average Bonchev–Trinajstić information content (AvgIpc) is 3.65. The van der Waals surface area contributed by atoms with E-state index in [1.807, 2.05) is 53.3 Å². The van der Waals surface area contributed by atoms with Crippen molar-refractivity contribution in [2.24, 2.45) is 0 Å². The van der Waals surface area contributed by atoms with Crippen molar-refractivity contribution in [3.8, 4) is 5.69 Å². The second-order valence-corrected chi connectivity index (χ2v) is 10.3. The molecule has 0 unspecified atom stereocenters. The second-order valence-electron chi connectivity index (χ2n) is 10.3. The van der Waals surface area contributed by atoms with Gasteiger partial charge in [0.2, 0.25) is 0 Å². The van der Waals surface area contributed by atoms with Crippen LogP contribution in [-0.4, -0.2) is 50.0 Å². The molecule has 1 amide bonds. The van der Waals surface area contributed by atoms with E-state index in [0.717, 1.165) is 64.9 Å². The number of nitrogens with zero attached hydrogens (tertiary/aromatic N) is 4. The first-order valence-electron chi connectivity index (χ1n) is 13.7. The third kappa shape index (κ3) is 5.10. The number of aromatic nitrogens is 4. The number of nitrogens with one attached hydrogen (secondary N) is 3. The van der Waals surface area contributed by atoms with Crippen molar-refractivity contribution in [3.05, 3.63) is 103 Å². The number of amides is 1. The number of hydrogen-bond acceptors (Lipinski definition) is 6. The lowest BCUT2D eigenvalue weighted by molar-refractivity contribution is 0.102. The molecule has 1 aliphatic heterocycles. The monoisotopic (exact) mass is 543 g/mol. The molecule has 0 spiro atoms. The fourth-order valence-electron chi connectivity index (χ4n) is 5.30. The van der Waals surface area contributed by atoms with Gasteiger partial charge in [0.15, 0.2) is 0 Å². The minimum absolute atomic E-state index is 0.173. The molecule has 4 heterocycles. The third-order valence-corrected chi connectivity index (χ3v) is 7.56. The van der Waals surface area contributed by atoms with Crippen molar-refractivity contribution >= 4 is 50.6 Å². The van der Waals surface area contributed by atoms with Crippen molar-refractivity contribution in [2.45, 2.75) is 18.9 Å². The first-order valence-corrected chi connectivity index (χ1v) is 13.7. The Morgan fingerprint density at radius 3 is 2.39 bits per heavy atom. The Morgan fingerprint density at radius 2 is 1.59 bits per heavy atom. The van der Waals surface area contributed by atoms with Gasteiger partial charge in [-0.15, -0.1) is 0 Å². The van der Waals surface area contributed by atoms with Crippen molar-refractivity contribution < 1.29 is 9.90 Å². The van der Waals surface area contributed by atoms with Crippen molar-refractivity contribution in [1.29, 1.82) is 0 Å². The van der Waals surface area contributed by atoms with Gasteiger partial charge < -0.3 is 25.6 Å². The summed E-state index contributed by atoms with van der Waals surface area (Å²) in [5, 5.41) is 21.8. The molecule has 9 nitrogen and oxygen atoms in total. The van der Waals surface area contributed by atoms with Gasteiger partial charge in [0, 0.05) is 47.4 Å². The Kier molecular flexibility index (Phi) is 6.33. The van der Waals surface area contributed by atoms with Crippen molar-refractivity contribution in [2.75, 3.05) is 28.6 Å². The SMILES string of the molecule is O=C(Nc1ccc(-n2ncc3cc(Nc4ccc(N5CCC(O)CC5)cc4)ccc32)cc1)c1ccc2[nH]ccc2n1. The van der Waals surface area contributed by atoms with Gasteiger partial charge in [-0.05, 0) is 97.8 Å². The number of aliphatic hydroxyl groups is 1. The fourth-order valence-corrected chi connectivity index (χ4v) is 5.30. The average molecular weight is 544 g/mol. The van der Waals surface area contributed by atoms with Gasteiger partial charge in [-0.25, -0.2) is 9.67 Å². The van der Waals surface area contributed by atoms with E-state index in [2.05, 4.69) is 67.0 Å². The Hall–Kier alpha value is -5.15. The molecule has 1 aliphatic rings. The second kappa shape index (κ2) is 10.4. The Morgan fingerprint density at radius 1 is 0.854 bits per heavy atom. The lowest BCUT2D eigenvalue weighted by Gasteiger charge is -2.31. The Bertz CT molecular complexity index is 1830. The molecule has 0 aliphatic carbocycles. The van der Waals surface area contributed by atoms with E-state index in [0.29, 0.717) is 11.4 Å². The molecule has 1 saturated heterocycles. The number of fused-ring (bicyclic) bond motifs is 2. The summed E-state index contributed by atoms with van der Waals surface area (Å²) < 4.78 is 1.89. The zero-order chi connectivity index (χ0) is 27.8. The molecule has 7 rings (SSSR count). The number of benzene rings is 3. The molecule has 3 aromatic heterocycles. The quantitative estimate of drug-likeness (QED) is 0.209. The summed E-state index contributed by atoms with van der Waals surface area (Å²) in [5.74, 6) is -0.258. The van der Waals surface area contributed by atoms with E-state index in [-0.39, 0.29) is 12.0 Å². The maximum absolute atomic E-state index is 12.7. The minimum Gasteiger partial charge on any atom is -0.393 e. The summed E-state index contributed by atoms with van der Waals surface area (Å²) >= 11 is 0. The van der Waals surface area contributed by atoms with Crippen LogP contribution in [0.15, 0.2) is 97.3 Å². The lowest BCUT2D eigenvalue weighted by Crippen LogP contribution is -2.35. The van der Waals surface area contributed by atoms with Crippen LogP contribution >= 0.6 is 0 Å². The fraction of sp³-hybridized carbons (Fsp3) is 0.156. The Balaban J connectivity index is 1.02. The Labute approximate surface area is 236 Å². The maximum atomic E-state index is 12.7. The van der Waals surface area contributed by atoms with Crippen LogP contribution in [0.3, 0.4) is 0 Å². The molecule has 0 atom stereocenters. The molecule has 9 heteroatoms. The van der Waals surface area contributed by atoms with Gasteiger partial charge in [-0.3, -0.25) is 4.79 Å². The summed E-state index contributed by atoms with van der Waals surface area (Å²) in [6.45, 7) is 1.77. The van der Waals surface area contributed by atoms with Crippen LogP contribution in [0.2, 0.25) is 0 Å². The summed E-state index contributed by atoms with van der Waals surface area (Å²) in [6.07, 6.45) is 5.12. The standard InChI is InChI=1S/C32H29N7O2/c40-27-14-17-38(18-15-27)25-6-1-22(2-7-25)35-24-5-12-31-21(19-24)20-34-39(31)26-8-3-23(4-9-26)36-32(41)30-11-10-28-29(37-30)13-16-33-28/h1-13,16,19-20,27,33,35,40H,14-15,17-18H2,(H,36,41). The van der Waals surface area contributed by atoms with E-state index in [9.17, 15) is 9.90 Å². The van der Waals surface area contributed by atoms with E-state index >= 15 is 0 Å². The lowest BCUT2D eigenvalue weighted by atomic mass is 10.1. The number of anilines is 4. The molecule has 4 N–H and O–H groups in total. The van der Waals surface area contributed by atoms with Crippen LogP contribution in [0.1, 0.15) is 23.3 Å². The number of carbonyl (C=O) groups is 1. The number of H-pyrrole nitrogens is 1. The number of carbonyl (C=O) groups excluding carboxylic acids is 1. The number of aliphatic hydroxyl groups excluding tert-OH is 1. The molecule has 1 fully saturated rings. The highest BCUT2D eigenvalue weighted by Gasteiger charge is 2.17. The highest BCUT2D eigenvalue weighted by Crippen LogP contribution is 2.27. The summed E-state index contributed by atoms with van der Waals surface area (Å²) in [5.41, 5.74) is 7.75. The zero-order valence-electron chi connectivity index (χ0n) is 22.3. The van der Waals surface area contributed by atoms with Crippen molar-refractivity contribution in [1.82, 2.24) is 19.7 Å². The number of aromatic amines is 1. The molecule has 204 valence electrons. The third-order valence-electron chi connectivity index (χ3n) is 7.56. The summed E-state index contributed by atoms with van der Waals surface area (Å²) in [4.78, 5) is 22.5. The van der Waals surface area contributed by atoms with E-state index in [1.54, 1.807) is 12.3 Å².